The Bertz CT molecular complexity index is 535. The molecular weight excluding hydrogens is 351 g/mol. The van der Waals surface area contributed by atoms with Crippen LogP contribution in [-0.4, -0.2) is 31.4 Å². The molecule has 1 unspecified atom stereocenters. The molecule has 0 bridgehead atoms. The zero-order chi connectivity index (χ0) is 15.1. The van der Waals surface area contributed by atoms with Gasteiger partial charge in [0.2, 0.25) is 0 Å². The topological polar surface area (TPSA) is 72.8 Å². The van der Waals surface area contributed by atoms with E-state index in [2.05, 4.69) is 0 Å². The monoisotopic (exact) mass is 374 g/mol. The van der Waals surface area contributed by atoms with Crippen molar-refractivity contribution in [3.8, 4) is 11.5 Å². The van der Waals surface area contributed by atoms with Crippen molar-refractivity contribution in [2.24, 2.45) is 0 Å². The van der Waals surface area contributed by atoms with Crippen molar-refractivity contribution in [1.29, 1.82) is 0 Å². The van der Waals surface area contributed by atoms with Gasteiger partial charge in [-0.3, -0.25) is 4.55 Å². The largest absolute Gasteiger partial charge is 1.00 e. The van der Waals surface area contributed by atoms with E-state index in [1.54, 1.807) is 11.3 Å². The second-order valence-corrected chi connectivity index (χ2v) is 7.66. The number of thiophene rings is 1. The van der Waals surface area contributed by atoms with Crippen LogP contribution in [0.1, 0.15) is 46.4 Å². The second kappa shape index (κ2) is 10.7. The maximum Gasteiger partial charge on any atom is 1.00 e. The molecule has 0 aliphatic carbocycles. The van der Waals surface area contributed by atoms with Crippen LogP contribution in [0, 0.1) is 0 Å². The van der Waals surface area contributed by atoms with Gasteiger partial charge in [0.25, 0.3) is 10.1 Å². The summed E-state index contributed by atoms with van der Waals surface area (Å²) in [5.74, 6) is 1.60. The van der Waals surface area contributed by atoms with Crippen molar-refractivity contribution in [3.05, 3.63) is 10.8 Å². The van der Waals surface area contributed by atoms with Crippen molar-refractivity contribution >= 4 is 21.5 Å². The number of hydrogen-bond acceptors (Lipinski definition) is 5. The minimum atomic E-state index is -3.79. The van der Waals surface area contributed by atoms with Crippen molar-refractivity contribution < 1.29 is 75.3 Å². The molecule has 0 amide bonds. The summed E-state index contributed by atoms with van der Waals surface area (Å²) in [6, 6.07) is 0. The number of ether oxygens (including phenoxy) is 2. The smallest absolute Gasteiger partial charge is 1.00 e. The Morgan fingerprint density at radius 1 is 1.14 bits per heavy atom. The quantitative estimate of drug-likeness (QED) is 0.390. The molecule has 0 spiro atoms. The van der Waals surface area contributed by atoms with E-state index in [0.717, 1.165) is 50.0 Å². The van der Waals surface area contributed by atoms with Crippen LogP contribution in [0.2, 0.25) is 0 Å². The first kappa shape index (κ1) is 20.9. The van der Waals surface area contributed by atoms with Gasteiger partial charge in [-0.15, -0.1) is 11.3 Å². The molecule has 2 heterocycles. The van der Waals surface area contributed by atoms with Crippen LogP contribution in [0.5, 0.6) is 11.5 Å². The third kappa shape index (κ3) is 8.10. The molecule has 1 aliphatic rings. The predicted molar refractivity (Wildman–Crippen MR) is 84.1 cm³/mol. The van der Waals surface area contributed by atoms with Crippen molar-refractivity contribution in [2.45, 2.75) is 51.0 Å². The first-order chi connectivity index (χ1) is 10.0. The Morgan fingerprint density at radius 2 is 1.77 bits per heavy atom. The Hall–Kier alpha value is 0.846. The fourth-order valence-electron chi connectivity index (χ4n) is 2.37. The molecule has 0 saturated carbocycles. The number of rotatable bonds is 9. The zero-order valence-corrected chi connectivity index (χ0v) is 17.7. The van der Waals surface area contributed by atoms with Crippen LogP contribution < -0.4 is 60.9 Å². The van der Waals surface area contributed by atoms with Gasteiger partial charge in [0, 0.05) is 10.8 Å². The van der Waals surface area contributed by atoms with Crippen LogP contribution in [0.25, 0.3) is 0 Å². The van der Waals surface area contributed by atoms with Gasteiger partial charge in [-0.25, -0.2) is 0 Å². The molecule has 22 heavy (non-hydrogen) atoms. The minimum absolute atomic E-state index is 0. The molecule has 5 nitrogen and oxygen atoms in total. The first-order valence-corrected chi connectivity index (χ1v) is 9.90. The van der Waals surface area contributed by atoms with Crippen LogP contribution in [-0.2, 0) is 10.1 Å². The molecule has 1 N–H and O–H groups in total. The van der Waals surface area contributed by atoms with Crippen LogP contribution in [0.4, 0.5) is 0 Å². The van der Waals surface area contributed by atoms with Crippen LogP contribution in [0.3, 0.4) is 0 Å². The molecule has 8 heteroatoms. The molecule has 1 aromatic rings. The van der Waals surface area contributed by atoms with E-state index in [-0.39, 0.29) is 64.7 Å². The van der Waals surface area contributed by atoms with E-state index in [1.165, 1.54) is 0 Å². The zero-order valence-electron chi connectivity index (χ0n) is 14.0. The summed E-state index contributed by atoms with van der Waals surface area (Å²) in [5.41, 5.74) is 0. The third-order valence-electron chi connectivity index (χ3n) is 3.49. The molecule has 0 aromatic carbocycles. The van der Waals surface area contributed by atoms with Crippen molar-refractivity contribution in [3.63, 3.8) is 0 Å². The maximum atomic E-state index is 10.5. The summed E-state index contributed by atoms with van der Waals surface area (Å²) in [6.07, 6.45) is 6.82. The van der Waals surface area contributed by atoms with Gasteiger partial charge in [0.1, 0.15) is 12.7 Å². The van der Waals surface area contributed by atoms with Crippen LogP contribution in [0.15, 0.2) is 10.8 Å². The summed E-state index contributed by atoms with van der Waals surface area (Å²) >= 11 is 1.59. The molecule has 1 aromatic heterocycles. The Labute approximate surface area is 180 Å². The van der Waals surface area contributed by atoms with Gasteiger partial charge >= 0.3 is 51.4 Å². The number of hydrogen-bond donors (Lipinski definition) is 1. The first-order valence-electron chi connectivity index (χ1n) is 7.35. The average molecular weight is 375 g/mol. The fourth-order valence-corrected chi connectivity index (χ4v) is 3.61. The van der Waals surface area contributed by atoms with Crippen molar-refractivity contribution in [1.82, 2.24) is 0 Å². The molecule has 2 rings (SSSR count). The number of fused-ring (bicyclic) bond motifs is 1. The van der Waals surface area contributed by atoms with Crippen LogP contribution >= 0.6 is 11.3 Å². The Balaban J connectivity index is 0.00000242. The summed E-state index contributed by atoms with van der Waals surface area (Å²) < 4.78 is 41.2. The third-order valence-corrected chi connectivity index (χ3v) is 4.99. The Morgan fingerprint density at radius 3 is 2.50 bits per heavy atom. The van der Waals surface area contributed by atoms with E-state index < -0.39 is 10.1 Å². The minimum Gasteiger partial charge on any atom is -1.00 e. The SMILES string of the molecule is O=S(=O)(O)CCCCCCCCC1COc2cscc2O1.[H-].[K+]. The second-order valence-electron chi connectivity index (χ2n) is 5.35. The van der Waals surface area contributed by atoms with Crippen molar-refractivity contribution in [2.75, 3.05) is 12.4 Å². The molecule has 1 aliphatic heterocycles. The average Bonchev–Trinajstić information content (AvgIpc) is 2.88. The van der Waals surface area contributed by atoms with E-state index in [0.29, 0.717) is 13.0 Å². The molecule has 0 saturated heterocycles. The standard InChI is InChI=1S/C14H22O5S2.K.H/c15-21(16,17)8-6-4-2-1-3-5-7-12-9-18-13-10-20-11-14(13)19-12;;/h10-12H,1-9H2,(H,15,16,17);;/q;+1;-1. The molecule has 122 valence electrons. The van der Waals surface area contributed by atoms with E-state index >= 15 is 0 Å². The predicted octanol–water partition coefficient (Wildman–Crippen LogP) is 0.623. The molecule has 0 radical (unpaired) electrons. The van der Waals surface area contributed by atoms with Gasteiger partial charge in [-0.2, -0.15) is 8.42 Å². The van der Waals surface area contributed by atoms with E-state index in [9.17, 15) is 8.42 Å². The summed E-state index contributed by atoms with van der Waals surface area (Å²) in [4.78, 5) is 0. The van der Waals surface area contributed by atoms with Gasteiger partial charge in [0.15, 0.2) is 11.5 Å². The number of unbranched alkanes of at least 4 members (excludes halogenated alkanes) is 5. The molecule has 1 atom stereocenters. The van der Waals surface area contributed by atoms with E-state index in [1.807, 2.05) is 10.8 Å². The van der Waals surface area contributed by atoms with Gasteiger partial charge < -0.3 is 10.9 Å². The maximum absolute atomic E-state index is 10.5. The fraction of sp³-hybridized carbons (Fsp3) is 0.714. The van der Waals surface area contributed by atoms with Gasteiger partial charge in [-0.05, 0) is 19.3 Å². The summed E-state index contributed by atoms with van der Waals surface area (Å²) in [6.45, 7) is 0.623. The van der Waals surface area contributed by atoms with Gasteiger partial charge in [0.05, 0.1) is 5.75 Å². The normalized spacial score (nSPS) is 17.0. The molecular formula is C14H23KO5S2. The summed E-state index contributed by atoms with van der Waals surface area (Å²) in [5, 5.41) is 3.93. The molecule has 0 fully saturated rings. The van der Waals surface area contributed by atoms with E-state index in [4.69, 9.17) is 14.0 Å². The van der Waals surface area contributed by atoms with Gasteiger partial charge in [-0.1, -0.05) is 25.7 Å². The Kier molecular flexibility index (Phi) is 10.1. The summed E-state index contributed by atoms with van der Waals surface area (Å²) in [7, 11) is -3.79.